The Morgan fingerprint density at radius 2 is 1.64 bits per heavy atom. The van der Waals surface area contributed by atoms with E-state index in [-0.39, 0.29) is 12.1 Å². The van der Waals surface area contributed by atoms with Gasteiger partial charge in [-0.15, -0.1) is 0 Å². The number of hydrogen-bond donors (Lipinski definition) is 1. The molecule has 0 aliphatic carbocycles. The van der Waals surface area contributed by atoms with Crippen molar-refractivity contribution in [2.75, 3.05) is 31.1 Å². The van der Waals surface area contributed by atoms with Gasteiger partial charge in [0.2, 0.25) is 0 Å². The zero-order chi connectivity index (χ0) is 16.3. The normalized spacial score (nSPS) is 16.1. The van der Waals surface area contributed by atoms with Crippen molar-refractivity contribution in [1.29, 1.82) is 0 Å². The van der Waals surface area contributed by atoms with Crippen LogP contribution in [0.4, 0.5) is 23.7 Å². The molecule has 2 amide bonds. The fourth-order valence-corrected chi connectivity index (χ4v) is 2.37. The van der Waals surface area contributed by atoms with Gasteiger partial charge in [-0.1, -0.05) is 0 Å². The summed E-state index contributed by atoms with van der Waals surface area (Å²) < 4.78 is 37.6. The molecule has 122 valence electrons. The lowest BCUT2D eigenvalue weighted by Gasteiger charge is -2.36. The standard InChI is InChI=1S/C15H20F3N3O/c1-11(2)19-14(22)21-9-7-20(8-10-21)13-5-3-12(4-6-13)15(16,17)18/h3-6,11H,7-10H2,1-2H3,(H,19,22). The summed E-state index contributed by atoms with van der Waals surface area (Å²) in [5.41, 5.74) is 0.100. The summed E-state index contributed by atoms with van der Waals surface area (Å²) in [7, 11) is 0. The van der Waals surface area contributed by atoms with Crippen LogP contribution in [0.5, 0.6) is 0 Å². The number of halogens is 3. The number of nitrogens with zero attached hydrogens (tertiary/aromatic N) is 2. The molecule has 1 aliphatic heterocycles. The fourth-order valence-electron chi connectivity index (χ4n) is 2.37. The molecule has 4 nitrogen and oxygen atoms in total. The monoisotopic (exact) mass is 315 g/mol. The van der Waals surface area contributed by atoms with Gasteiger partial charge in [-0.2, -0.15) is 13.2 Å². The first-order valence-electron chi connectivity index (χ1n) is 7.25. The van der Waals surface area contributed by atoms with Crippen LogP contribution in [0.25, 0.3) is 0 Å². The molecule has 1 aromatic rings. The Morgan fingerprint density at radius 3 is 2.09 bits per heavy atom. The van der Waals surface area contributed by atoms with E-state index in [1.54, 1.807) is 4.90 Å². The quantitative estimate of drug-likeness (QED) is 0.911. The van der Waals surface area contributed by atoms with E-state index < -0.39 is 11.7 Å². The molecule has 7 heteroatoms. The van der Waals surface area contributed by atoms with Crippen LogP contribution in [0, 0.1) is 0 Å². The predicted octanol–water partition coefficient (Wildman–Crippen LogP) is 2.95. The maximum absolute atomic E-state index is 12.5. The highest BCUT2D eigenvalue weighted by Gasteiger charge is 2.30. The zero-order valence-corrected chi connectivity index (χ0v) is 12.7. The number of alkyl halides is 3. The first-order chi connectivity index (χ1) is 10.3. The van der Waals surface area contributed by atoms with Gasteiger partial charge >= 0.3 is 12.2 Å². The van der Waals surface area contributed by atoms with Gasteiger partial charge in [0, 0.05) is 37.9 Å². The van der Waals surface area contributed by atoms with Crippen LogP contribution >= 0.6 is 0 Å². The third-order valence-electron chi connectivity index (χ3n) is 3.54. The van der Waals surface area contributed by atoms with Gasteiger partial charge in [0.05, 0.1) is 5.56 Å². The van der Waals surface area contributed by atoms with Crippen molar-refractivity contribution in [2.45, 2.75) is 26.1 Å². The molecular weight excluding hydrogens is 295 g/mol. The van der Waals surface area contributed by atoms with Crippen LogP contribution in [0.15, 0.2) is 24.3 Å². The maximum Gasteiger partial charge on any atom is 0.416 e. The summed E-state index contributed by atoms with van der Waals surface area (Å²) in [6, 6.07) is 5.13. The number of carbonyl (C=O) groups excluding carboxylic acids is 1. The van der Waals surface area contributed by atoms with Crippen molar-refractivity contribution in [3.63, 3.8) is 0 Å². The molecule has 1 heterocycles. The van der Waals surface area contributed by atoms with Crippen LogP contribution in [0.3, 0.4) is 0 Å². The fraction of sp³-hybridized carbons (Fsp3) is 0.533. The van der Waals surface area contributed by atoms with Gasteiger partial charge in [0.1, 0.15) is 0 Å². The third-order valence-corrected chi connectivity index (χ3v) is 3.54. The minimum Gasteiger partial charge on any atom is -0.368 e. The molecule has 22 heavy (non-hydrogen) atoms. The average Bonchev–Trinajstić information content (AvgIpc) is 2.46. The van der Waals surface area contributed by atoms with E-state index in [4.69, 9.17) is 0 Å². The lowest BCUT2D eigenvalue weighted by Crippen LogP contribution is -2.52. The second-order valence-corrected chi connectivity index (χ2v) is 5.62. The Morgan fingerprint density at radius 1 is 1.09 bits per heavy atom. The molecule has 0 spiro atoms. The Kier molecular flexibility index (Phi) is 4.83. The lowest BCUT2D eigenvalue weighted by molar-refractivity contribution is -0.137. The van der Waals surface area contributed by atoms with Gasteiger partial charge in [0.25, 0.3) is 0 Å². The van der Waals surface area contributed by atoms with Crippen LogP contribution < -0.4 is 10.2 Å². The summed E-state index contributed by atoms with van der Waals surface area (Å²) in [4.78, 5) is 15.6. The van der Waals surface area contributed by atoms with Gasteiger partial charge in [0.15, 0.2) is 0 Å². The molecule has 0 aromatic heterocycles. The Hall–Kier alpha value is -1.92. The van der Waals surface area contributed by atoms with E-state index in [0.717, 1.165) is 17.8 Å². The number of anilines is 1. The molecule has 1 fully saturated rings. The lowest BCUT2D eigenvalue weighted by atomic mass is 10.1. The summed E-state index contributed by atoms with van der Waals surface area (Å²) in [5, 5.41) is 2.83. The van der Waals surface area contributed by atoms with Crippen molar-refractivity contribution in [1.82, 2.24) is 10.2 Å². The number of amides is 2. The smallest absolute Gasteiger partial charge is 0.368 e. The molecular formula is C15H20F3N3O. The van der Waals surface area contributed by atoms with Crippen LogP contribution in [0.1, 0.15) is 19.4 Å². The van der Waals surface area contributed by atoms with E-state index in [1.165, 1.54) is 12.1 Å². The molecule has 0 radical (unpaired) electrons. The van der Waals surface area contributed by atoms with Gasteiger partial charge in [-0.05, 0) is 38.1 Å². The van der Waals surface area contributed by atoms with Gasteiger partial charge in [-0.25, -0.2) is 4.79 Å². The first kappa shape index (κ1) is 16.5. The summed E-state index contributed by atoms with van der Waals surface area (Å²) in [5.74, 6) is 0. The number of hydrogen-bond acceptors (Lipinski definition) is 2. The predicted molar refractivity (Wildman–Crippen MR) is 78.9 cm³/mol. The van der Waals surface area contributed by atoms with Gasteiger partial charge in [-0.3, -0.25) is 0 Å². The highest BCUT2D eigenvalue weighted by atomic mass is 19.4. The Balaban J connectivity index is 1.93. The zero-order valence-electron chi connectivity index (χ0n) is 12.7. The second-order valence-electron chi connectivity index (χ2n) is 5.62. The molecule has 1 N–H and O–H groups in total. The van der Waals surface area contributed by atoms with Crippen molar-refractivity contribution < 1.29 is 18.0 Å². The molecule has 1 saturated heterocycles. The average molecular weight is 315 g/mol. The van der Waals surface area contributed by atoms with E-state index in [1.807, 2.05) is 18.7 Å². The van der Waals surface area contributed by atoms with E-state index in [0.29, 0.717) is 26.2 Å². The maximum atomic E-state index is 12.5. The van der Waals surface area contributed by atoms with Crippen molar-refractivity contribution in [3.05, 3.63) is 29.8 Å². The molecule has 1 aromatic carbocycles. The highest BCUT2D eigenvalue weighted by Crippen LogP contribution is 2.30. The van der Waals surface area contributed by atoms with Crippen molar-refractivity contribution in [2.24, 2.45) is 0 Å². The third kappa shape index (κ3) is 4.05. The Bertz CT molecular complexity index is 506. The number of urea groups is 1. The van der Waals surface area contributed by atoms with Crippen molar-refractivity contribution in [3.8, 4) is 0 Å². The molecule has 0 bridgehead atoms. The largest absolute Gasteiger partial charge is 0.416 e. The van der Waals surface area contributed by atoms with Crippen LogP contribution in [-0.2, 0) is 6.18 Å². The number of nitrogens with one attached hydrogen (secondary N) is 1. The molecule has 0 atom stereocenters. The summed E-state index contributed by atoms with van der Waals surface area (Å²) in [6.45, 7) is 6.12. The van der Waals surface area contributed by atoms with Crippen LogP contribution in [0.2, 0.25) is 0 Å². The Labute approximate surface area is 127 Å². The second kappa shape index (κ2) is 6.46. The first-order valence-corrected chi connectivity index (χ1v) is 7.25. The number of carbonyl (C=O) groups is 1. The number of benzene rings is 1. The SMILES string of the molecule is CC(C)NC(=O)N1CCN(c2ccc(C(F)(F)F)cc2)CC1. The topological polar surface area (TPSA) is 35.6 Å². The number of piperazine rings is 1. The van der Waals surface area contributed by atoms with Crippen molar-refractivity contribution >= 4 is 11.7 Å². The van der Waals surface area contributed by atoms with Crippen LogP contribution in [-0.4, -0.2) is 43.2 Å². The van der Waals surface area contributed by atoms with E-state index in [2.05, 4.69) is 5.32 Å². The van der Waals surface area contributed by atoms with E-state index in [9.17, 15) is 18.0 Å². The molecule has 0 saturated carbocycles. The summed E-state index contributed by atoms with van der Waals surface area (Å²) >= 11 is 0. The minimum atomic E-state index is -4.31. The molecule has 0 unspecified atom stereocenters. The number of rotatable bonds is 2. The molecule has 2 rings (SSSR count). The summed E-state index contributed by atoms with van der Waals surface area (Å²) in [6.07, 6.45) is -4.31. The van der Waals surface area contributed by atoms with Gasteiger partial charge < -0.3 is 15.1 Å². The van der Waals surface area contributed by atoms with E-state index >= 15 is 0 Å². The highest BCUT2D eigenvalue weighted by molar-refractivity contribution is 5.74. The minimum absolute atomic E-state index is 0.0837. The molecule has 1 aliphatic rings.